The van der Waals surface area contributed by atoms with E-state index in [9.17, 15) is 10.1 Å². The summed E-state index contributed by atoms with van der Waals surface area (Å²) in [5, 5.41) is 18.1. The number of hydrogen-bond donors (Lipinski definition) is 2. The van der Waals surface area contributed by atoms with Gasteiger partial charge in [0.25, 0.3) is 0 Å². The van der Waals surface area contributed by atoms with Crippen molar-refractivity contribution in [2.24, 2.45) is 5.73 Å². The van der Waals surface area contributed by atoms with Crippen LogP contribution in [-0.4, -0.2) is 17.4 Å². The number of nitrogens with zero attached hydrogens (tertiary/aromatic N) is 1. The molecular weight excluding hydrogens is 246 g/mol. The summed E-state index contributed by atoms with van der Waals surface area (Å²) >= 11 is 0. The summed E-state index contributed by atoms with van der Waals surface area (Å²) in [6.07, 6.45) is 1.98. The van der Waals surface area contributed by atoms with Crippen LogP contribution in [0, 0.1) is 29.4 Å². The first-order chi connectivity index (χ1) is 8.91. The molecular formula is C13H19N3O3. The molecule has 3 N–H and O–H groups in total. The number of unbranched alkanes of at least 4 members (excludes halogenated alkanes) is 1. The van der Waals surface area contributed by atoms with Crippen LogP contribution in [0.2, 0.25) is 0 Å². The Labute approximate surface area is 112 Å². The second-order valence-corrected chi connectivity index (χ2v) is 4.52. The largest absolute Gasteiger partial charge is 0.487 e. The lowest BCUT2D eigenvalue weighted by atomic mass is 10.1. The molecule has 1 rings (SSSR count). The molecule has 0 aliphatic rings. The van der Waals surface area contributed by atoms with Crippen LogP contribution >= 0.6 is 0 Å². The molecule has 0 aliphatic heterocycles. The molecule has 0 unspecified atom stereocenters. The van der Waals surface area contributed by atoms with Crippen molar-refractivity contribution in [1.29, 1.82) is 5.41 Å². The molecule has 104 valence electrons. The maximum atomic E-state index is 11.0. The zero-order valence-corrected chi connectivity index (χ0v) is 11.2. The van der Waals surface area contributed by atoms with E-state index in [0.29, 0.717) is 25.2 Å². The number of nitrogens with two attached hydrogens (primary N) is 1. The van der Waals surface area contributed by atoms with E-state index in [4.69, 9.17) is 15.9 Å². The van der Waals surface area contributed by atoms with Gasteiger partial charge in [0.15, 0.2) is 5.75 Å². The van der Waals surface area contributed by atoms with Gasteiger partial charge in [-0.1, -0.05) is 6.07 Å². The molecule has 0 heterocycles. The van der Waals surface area contributed by atoms with Crippen LogP contribution in [-0.2, 0) is 0 Å². The first-order valence-electron chi connectivity index (χ1n) is 6.13. The maximum absolute atomic E-state index is 11.0. The highest BCUT2D eigenvalue weighted by Gasteiger charge is 2.18. The van der Waals surface area contributed by atoms with Crippen molar-refractivity contribution < 1.29 is 9.66 Å². The normalized spacial score (nSPS) is 10.2. The molecule has 1 aromatic rings. The SMILES string of the molecule is Cc1cc(C)c(OCCCCC(=N)N)c([N+](=O)[O-])c1. The van der Waals surface area contributed by atoms with Crippen LogP contribution in [0.3, 0.4) is 0 Å². The van der Waals surface area contributed by atoms with Crippen molar-refractivity contribution in [2.45, 2.75) is 33.1 Å². The average molecular weight is 265 g/mol. The lowest BCUT2D eigenvalue weighted by molar-refractivity contribution is -0.386. The molecule has 0 amide bonds. The summed E-state index contributed by atoms with van der Waals surface area (Å²) in [6.45, 7) is 4.00. The van der Waals surface area contributed by atoms with Crippen molar-refractivity contribution in [3.8, 4) is 5.75 Å². The van der Waals surface area contributed by atoms with Crippen LogP contribution in [0.4, 0.5) is 5.69 Å². The number of nitro groups is 1. The number of hydrogen-bond acceptors (Lipinski definition) is 4. The molecule has 0 fully saturated rings. The van der Waals surface area contributed by atoms with E-state index in [2.05, 4.69) is 0 Å². The van der Waals surface area contributed by atoms with Gasteiger partial charge in [-0.2, -0.15) is 0 Å². The van der Waals surface area contributed by atoms with Gasteiger partial charge in [0.05, 0.1) is 17.4 Å². The standard InChI is InChI=1S/C13H19N3O3/c1-9-7-10(2)13(11(8-9)16(17)18)19-6-4-3-5-12(14)15/h7-8H,3-6H2,1-2H3,(H3,14,15). The second-order valence-electron chi connectivity index (χ2n) is 4.52. The number of aryl methyl sites for hydroxylation is 2. The number of benzene rings is 1. The monoisotopic (exact) mass is 265 g/mol. The maximum Gasteiger partial charge on any atom is 0.311 e. The second kappa shape index (κ2) is 6.72. The predicted molar refractivity (Wildman–Crippen MR) is 73.8 cm³/mol. The van der Waals surface area contributed by atoms with E-state index in [1.54, 1.807) is 6.92 Å². The Hall–Kier alpha value is -2.11. The molecule has 6 nitrogen and oxygen atoms in total. The van der Waals surface area contributed by atoms with E-state index < -0.39 is 4.92 Å². The van der Waals surface area contributed by atoms with E-state index in [1.807, 2.05) is 13.0 Å². The van der Waals surface area contributed by atoms with Crippen LogP contribution in [0.1, 0.15) is 30.4 Å². The summed E-state index contributed by atoms with van der Waals surface area (Å²) in [5.74, 6) is 0.482. The van der Waals surface area contributed by atoms with Gasteiger partial charge in [-0.25, -0.2) is 0 Å². The molecule has 0 aliphatic carbocycles. The fraction of sp³-hybridized carbons (Fsp3) is 0.462. The van der Waals surface area contributed by atoms with Crippen molar-refractivity contribution in [3.05, 3.63) is 33.4 Å². The lowest BCUT2D eigenvalue weighted by Crippen LogP contribution is -2.09. The number of rotatable bonds is 7. The molecule has 0 atom stereocenters. The lowest BCUT2D eigenvalue weighted by Gasteiger charge is -2.10. The molecule has 19 heavy (non-hydrogen) atoms. The Morgan fingerprint density at radius 3 is 2.68 bits per heavy atom. The molecule has 0 spiro atoms. The van der Waals surface area contributed by atoms with Gasteiger partial charge < -0.3 is 10.5 Å². The smallest absolute Gasteiger partial charge is 0.311 e. The highest BCUT2D eigenvalue weighted by Crippen LogP contribution is 2.32. The zero-order valence-electron chi connectivity index (χ0n) is 11.2. The highest BCUT2D eigenvalue weighted by molar-refractivity contribution is 5.76. The zero-order chi connectivity index (χ0) is 14.4. The highest BCUT2D eigenvalue weighted by atomic mass is 16.6. The Morgan fingerprint density at radius 2 is 2.11 bits per heavy atom. The summed E-state index contributed by atoms with van der Waals surface area (Å²) in [7, 11) is 0. The third-order valence-electron chi connectivity index (χ3n) is 2.68. The van der Waals surface area contributed by atoms with Crippen molar-refractivity contribution >= 4 is 11.5 Å². The number of nitro benzene ring substituents is 1. The average Bonchev–Trinajstić information content (AvgIpc) is 2.29. The fourth-order valence-electron chi connectivity index (χ4n) is 1.85. The number of ether oxygens (including phenoxy) is 1. The molecule has 0 radical (unpaired) electrons. The fourth-order valence-corrected chi connectivity index (χ4v) is 1.85. The van der Waals surface area contributed by atoms with Crippen LogP contribution < -0.4 is 10.5 Å². The van der Waals surface area contributed by atoms with Crippen LogP contribution in [0.15, 0.2) is 12.1 Å². The summed E-state index contributed by atoms with van der Waals surface area (Å²) in [6, 6.07) is 3.37. The van der Waals surface area contributed by atoms with Crippen LogP contribution in [0.25, 0.3) is 0 Å². The van der Waals surface area contributed by atoms with E-state index in [-0.39, 0.29) is 11.5 Å². The van der Waals surface area contributed by atoms with Gasteiger partial charge in [0.2, 0.25) is 0 Å². The predicted octanol–water partition coefficient (Wildman–Crippen LogP) is 2.70. The first kappa shape index (κ1) is 14.9. The summed E-state index contributed by atoms with van der Waals surface area (Å²) in [4.78, 5) is 10.6. The summed E-state index contributed by atoms with van der Waals surface area (Å²) < 4.78 is 5.51. The van der Waals surface area contributed by atoms with Gasteiger partial charge in [0, 0.05) is 12.5 Å². The number of amidine groups is 1. The van der Waals surface area contributed by atoms with Crippen LogP contribution in [0.5, 0.6) is 5.75 Å². The molecule has 0 aromatic heterocycles. The van der Waals surface area contributed by atoms with E-state index in [0.717, 1.165) is 17.5 Å². The molecule has 0 saturated carbocycles. The van der Waals surface area contributed by atoms with Gasteiger partial charge in [-0.3, -0.25) is 15.5 Å². The van der Waals surface area contributed by atoms with Gasteiger partial charge in [0.1, 0.15) is 0 Å². The minimum Gasteiger partial charge on any atom is -0.487 e. The van der Waals surface area contributed by atoms with Gasteiger partial charge in [-0.05, 0) is 37.8 Å². The Balaban J connectivity index is 2.67. The van der Waals surface area contributed by atoms with Crippen molar-refractivity contribution in [2.75, 3.05) is 6.61 Å². The Bertz CT molecular complexity index is 486. The topological polar surface area (TPSA) is 102 Å². The molecule has 1 aromatic carbocycles. The first-order valence-corrected chi connectivity index (χ1v) is 6.13. The quantitative estimate of drug-likeness (QED) is 0.260. The van der Waals surface area contributed by atoms with Gasteiger partial charge >= 0.3 is 5.69 Å². The van der Waals surface area contributed by atoms with Crippen molar-refractivity contribution in [1.82, 2.24) is 0 Å². The third kappa shape index (κ3) is 4.57. The molecule has 0 saturated heterocycles. The minimum absolute atomic E-state index is 0.00377. The number of nitrogens with one attached hydrogen (secondary N) is 1. The minimum atomic E-state index is -0.426. The Morgan fingerprint density at radius 1 is 1.42 bits per heavy atom. The third-order valence-corrected chi connectivity index (χ3v) is 2.68. The molecule has 0 bridgehead atoms. The van der Waals surface area contributed by atoms with Gasteiger partial charge in [-0.15, -0.1) is 0 Å². The summed E-state index contributed by atoms with van der Waals surface area (Å²) in [5.41, 5.74) is 6.85. The van der Waals surface area contributed by atoms with Crippen molar-refractivity contribution in [3.63, 3.8) is 0 Å². The van der Waals surface area contributed by atoms with E-state index in [1.165, 1.54) is 6.07 Å². The Kier molecular flexibility index (Phi) is 5.29. The van der Waals surface area contributed by atoms with E-state index >= 15 is 0 Å². The molecule has 6 heteroatoms.